The van der Waals surface area contributed by atoms with Crippen molar-refractivity contribution in [1.82, 2.24) is 9.55 Å². The normalized spacial score (nSPS) is 10.5. The van der Waals surface area contributed by atoms with Gasteiger partial charge in [-0.3, -0.25) is 9.59 Å². The van der Waals surface area contributed by atoms with Crippen LogP contribution in [0.2, 0.25) is 0 Å². The van der Waals surface area contributed by atoms with Gasteiger partial charge in [-0.05, 0) is 48.9 Å². The second kappa shape index (κ2) is 7.28. The number of rotatable bonds is 4. The van der Waals surface area contributed by atoms with E-state index in [9.17, 15) is 18.8 Å². The number of amides is 1. The van der Waals surface area contributed by atoms with Gasteiger partial charge in [-0.25, -0.2) is 13.8 Å². The average molecular weight is 369 g/mol. The molecular formula is C19H16FN3O4. The highest BCUT2D eigenvalue weighted by molar-refractivity contribution is 6.04. The van der Waals surface area contributed by atoms with Crippen molar-refractivity contribution in [3.05, 3.63) is 86.4 Å². The first kappa shape index (κ1) is 18.1. The number of H-pyrrole nitrogens is 1. The van der Waals surface area contributed by atoms with E-state index in [1.807, 2.05) is 13.0 Å². The van der Waals surface area contributed by atoms with Crippen molar-refractivity contribution in [3.63, 3.8) is 0 Å². The van der Waals surface area contributed by atoms with Crippen LogP contribution in [0.25, 0.3) is 5.69 Å². The molecule has 0 unspecified atom stereocenters. The van der Waals surface area contributed by atoms with Crippen molar-refractivity contribution >= 4 is 11.6 Å². The van der Waals surface area contributed by atoms with Crippen LogP contribution in [-0.2, 0) is 0 Å². The first-order chi connectivity index (χ1) is 12.9. The fourth-order valence-electron chi connectivity index (χ4n) is 2.57. The lowest BCUT2D eigenvalue weighted by Gasteiger charge is -2.11. The van der Waals surface area contributed by atoms with Crippen molar-refractivity contribution in [1.29, 1.82) is 0 Å². The Balaban J connectivity index is 2.03. The van der Waals surface area contributed by atoms with Crippen molar-refractivity contribution in [2.24, 2.45) is 0 Å². The second-order valence-electron chi connectivity index (χ2n) is 5.78. The topological polar surface area (TPSA) is 93.2 Å². The maximum Gasteiger partial charge on any atom is 0.333 e. The largest absolute Gasteiger partial charge is 0.495 e. The summed E-state index contributed by atoms with van der Waals surface area (Å²) < 4.78 is 19.1. The molecule has 7 nitrogen and oxygen atoms in total. The lowest BCUT2D eigenvalue weighted by atomic mass is 10.2. The van der Waals surface area contributed by atoms with Gasteiger partial charge >= 0.3 is 5.69 Å². The number of aromatic nitrogens is 2. The Morgan fingerprint density at radius 2 is 1.85 bits per heavy atom. The molecule has 1 heterocycles. The predicted octanol–water partition coefficient (Wildman–Crippen LogP) is 2.23. The Morgan fingerprint density at radius 3 is 2.52 bits per heavy atom. The number of methoxy groups -OCH3 is 1. The summed E-state index contributed by atoms with van der Waals surface area (Å²) in [4.78, 5) is 39.7. The van der Waals surface area contributed by atoms with Gasteiger partial charge in [0.1, 0.15) is 17.1 Å². The molecule has 0 radical (unpaired) electrons. The Labute approximate surface area is 153 Å². The number of carbonyl (C=O) groups is 1. The zero-order valence-corrected chi connectivity index (χ0v) is 14.6. The molecule has 0 atom stereocenters. The van der Waals surface area contributed by atoms with E-state index in [1.165, 1.54) is 19.2 Å². The van der Waals surface area contributed by atoms with E-state index < -0.39 is 23.0 Å². The molecule has 138 valence electrons. The van der Waals surface area contributed by atoms with E-state index in [0.29, 0.717) is 11.4 Å². The molecule has 3 aromatic rings. The number of aromatic amines is 1. The lowest BCUT2D eigenvalue weighted by molar-refractivity contribution is 0.102. The van der Waals surface area contributed by atoms with Gasteiger partial charge in [0.15, 0.2) is 0 Å². The molecule has 0 aliphatic heterocycles. The quantitative estimate of drug-likeness (QED) is 0.738. The van der Waals surface area contributed by atoms with Crippen LogP contribution in [0.15, 0.2) is 58.3 Å². The zero-order valence-electron chi connectivity index (χ0n) is 14.6. The van der Waals surface area contributed by atoms with Gasteiger partial charge < -0.3 is 15.0 Å². The van der Waals surface area contributed by atoms with E-state index in [1.54, 1.807) is 12.1 Å². The molecule has 0 saturated carbocycles. The molecule has 8 heteroatoms. The van der Waals surface area contributed by atoms with Gasteiger partial charge in [0, 0.05) is 6.20 Å². The number of anilines is 1. The van der Waals surface area contributed by atoms with Crippen LogP contribution in [0, 0.1) is 12.7 Å². The summed E-state index contributed by atoms with van der Waals surface area (Å²) in [6, 6.07) is 9.98. The maximum absolute atomic E-state index is 13.1. The van der Waals surface area contributed by atoms with Crippen LogP contribution in [0.3, 0.4) is 0 Å². The highest BCUT2D eigenvalue weighted by atomic mass is 19.1. The Kier molecular flexibility index (Phi) is 4.89. The minimum atomic E-state index is -0.825. The number of aryl methyl sites for hydroxylation is 1. The fourth-order valence-corrected chi connectivity index (χ4v) is 2.57. The molecule has 2 aromatic carbocycles. The number of ether oxygens (including phenoxy) is 1. The number of halogens is 1. The van der Waals surface area contributed by atoms with Crippen molar-refractivity contribution in [2.45, 2.75) is 6.92 Å². The molecule has 0 bridgehead atoms. The van der Waals surface area contributed by atoms with E-state index >= 15 is 0 Å². The van der Waals surface area contributed by atoms with E-state index in [-0.39, 0.29) is 11.3 Å². The predicted molar refractivity (Wildman–Crippen MR) is 98.3 cm³/mol. The summed E-state index contributed by atoms with van der Waals surface area (Å²) >= 11 is 0. The van der Waals surface area contributed by atoms with Gasteiger partial charge in [-0.2, -0.15) is 0 Å². The molecular weight excluding hydrogens is 353 g/mol. The molecule has 0 saturated heterocycles. The number of nitrogens with one attached hydrogen (secondary N) is 2. The lowest BCUT2D eigenvalue weighted by Crippen LogP contribution is -2.38. The van der Waals surface area contributed by atoms with Crippen LogP contribution in [0.4, 0.5) is 10.1 Å². The van der Waals surface area contributed by atoms with Gasteiger partial charge in [-0.1, -0.05) is 6.07 Å². The SMILES string of the molecule is COc1ccc(C)cc1NC(=O)c1c[nH]c(=O)n(-c2ccc(F)cc2)c1=O. The molecule has 27 heavy (non-hydrogen) atoms. The fraction of sp³-hybridized carbons (Fsp3) is 0.105. The average Bonchev–Trinajstić information content (AvgIpc) is 2.63. The monoisotopic (exact) mass is 369 g/mol. The van der Waals surface area contributed by atoms with Gasteiger partial charge in [0.05, 0.1) is 18.5 Å². The van der Waals surface area contributed by atoms with Crippen LogP contribution in [-0.4, -0.2) is 22.6 Å². The second-order valence-corrected chi connectivity index (χ2v) is 5.78. The van der Waals surface area contributed by atoms with Gasteiger partial charge in [-0.15, -0.1) is 0 Å². The Hall–Kier alpha value is -3.68. The summed E-state index contributed by atoms with van der Waals surface area (Å²) in [5.74, 6) is -0.795. The van der Waals surface area contributed by atoms with Gasteiger partial charge in [0.2, 0.25) is 0 Å². The van der Waals surface area contributed by atoms with Crippen molar-refractivity contribution in [2.75, 3.05) is 12.4 Å². The summed E-state index contributed by atoms with van der Waals surface area (Å²) in [6.07, 6.45) is 1.04. The van der Waals surface area contributed by atoms with Crippen molar-refractivity contribution in [3.8, 4) is 11.4 Å². The summed E-state index contributed by atoms with van der Waals surface area (Å²) in [7, 11) is 1.46. The number of nitrogens with zero attached hydrogens (tertiary/aromatic N) is 1. The maximum atomic E-state index is 13.1. The third kappa shape index (κ3) is 3.64. The highest BCUT2D eigenvalue weighted by Gasteiger charge is 2.17. The molecule has 0 fully saturated rings. The third-order valence-electron chi connectivity index (χ3n) is 3.91. The number of carbonyl (C=O) groups excluding carboxylic acids is 1. The summed E-state index contributed by atoms with van der Waals surface area (Å²) in [6.45, 7) is 1.84. The first-order valence-corrected chi connectivity index (χ1v) is 7.97. The Morgan fingerprint density at radius 1 is 1.15 bits per heavy atom. The number of hydrogen-bond acceptors (Lipinski definition) is 4. The molecule has 0 aliphatic rings. The minimum absolute atomic E-state index is 0.144. The van der Waals surface area contributed by atoms with E-state index in [4.69, 9.17) is 4.74 Å². The summed E-state index contributed by atoms with van der Waals surface area (Å²) in [5, 5.41) is 2.61. The highest BCUT2D eigenvalue weighted by Crippen LogP contribution is 2.25. The molecule has 1 aromatic heterocycles. The number of hydrogen-bond donors (Lipinski definition) is 2. The molecule has 1 amide bonds. The van der Waals surface area contributed by atoms with Crippen LogP contribution < -0.4 is 21.3 Å². The van der Waals surface area contributed by atoms with Gasteiger partial charge in [0.25, 0.3) is 11.5 Å². The molecule has 0 spiro atoms. The summed E-state index contributed by atoms with van der Waals surface area (Å²) in [5.41, 5.74) is -0.420. The van der Waals surface area contributed by atoms with Crippen molar-refractivity contribution < 1.29 is 13.9 Å². The first-order valence-electron chi connectivity index (χ1n) is 7.97. The van der Waals surface area contributed by atoms with E-state index in [0.717, 1.165) is 28.5 Å². The van der Waals surface area contributed by atoms with E-state index in [2.05, 4.69) is 10.3 Å². The molecule has 3 rings (SSSR count). The number of benzene rings is 2. The molecule has 2 N–H and O–H groups in total. The molecule has 0 aliphatic carbocycles. The smallest absolute Gasteiger partial charge is 0.333 e. The zero-order chi connectivity index (χ0) is 19.6. The van der Waals surface area contributed by atoms with Crippen LogP contribution in [0.5, 0.6) is 5.75 Å². The minimum Gasteiger partial charge on any atom is -0.495 e. The van der Waals surface area contributed by atoms with Crippen LogP contribution >= 0.6 is 0 Å². The standard InChI is InChI=1S/C19H16FN3O4/c1-11-3-8-16(27-2)15(9-11)22-17(24)14-10-21-19(26)23(18(14)25)13-6-4-12(20)5-7-13/h3-10H,1-2H3,(H,21,26)(H,22,24). The third-order valence-corrected chi connectivity index (χ3v) is 3.91. The Bertz CT molecular complexity index is 1120. The van der Waals surface area contributed by atoms with Crippen LogP contribution in [0.1, 0.15) is 15.9 Å².